The summed E-state index contributed by atoms with van der Waals surface area (Å²) < 4.78 is 0. The number of rotatable bonds is 6. The van der Waals surface area contributed by atoms with Crippen molar-refractivity contribution in [3.05, 3.63) is 36.2 Å². The molecule has 1 atom stereocenters. The molecule has 3 amide bonds. The van der Waals surface area contributed by atoms with Crippen molar-refractivity contribution >= 4 is 34.9 Å². The summed E-state index contributed by atoms with van der Waals surface area (Å²) in [5.74, 6) is 0.608. The third kappa shape index (κ3) is 4.38. The van der Waals surface area contributed by atoms with E-state index < -0.39 is 0 Å². The largest absolute Gasteiger partial charge is 0.395 e. The van der Waals surface area contributed by atoms with Crippen LogP contribution in [0.2, 0.25) is 0 Å². The molecular weight excluding hydrogens is 398 g/mol. The molecule has 4 heterocycles. The Bertz CT molecular complexity index is 981. The van der Waals surface area contributed by atoms with Crippen LogP contribution < -0.4 is 25.8 Å². The Morgan fingerprint density at radius 3 is 2.90 bits per heavy atom. The third-order valence-electron chi connectivity index (χ3n) is 5.26. The van der Waals surface area contributed by atoms with Crippen molar-refractivity contribution < 1.29 is 14.7 Å². The lowest BCUT2D eigenvalue weighted by molar-refractivity contribution is 0.0938. The van der Waals surface area contributed by atoms with Crippen molar-refractivity contribution in [1.82, 2.24) is 15.3 Å². The van der Waals surface area contributed by atoms with Crippen LogP contribution >= 0.6 is 0 Å². The molecule has 1 fully saturated rings. The third-order valence-corrected chi connectivity index (χ3v) is 5.26. The number of fused-ring (bicyclic) bond motifs is 4. The van der Waals surface area contributed by atoms with Crippen molar-refractivity contribution in [2.45, 2.75) is 32.4 Å². The first-order valence-corrected chi connectivity index (χ1v) is 10.4. The second kappa shape index (κ2) is 8.76. The van der Waals surface area contributed by atoms with E-state index in [0.717, 1.165) is 30.9 Å². The standard InChI is InChI=1S/C21H27N7O3/c1-13(2)24-20(30)16-3-4-17-19(25-16)28(15-6-9-27(17)12-15)21(31)26-18-11-14(5-7-23-18)22-8-10-29/h3-5,7,11,13,15,29H,6,8-10,12H2,1-2H3,(H,24,30)(H2,22,23,26,31)/t15-/m0/s1. The van der Waals surface area contributed by atoms with E-state index in [2.05, 4.69) is 30.8 Å². The van der Waals surface area contributed by atoms with E-state index in [4.69, 9.17) is 5.11 Å². The Balaban J connectivity index is 1.60. The molecule has 2 aliphatic heterocycles. The Kier molecular flexibility index (Phi) is 5.90. The first kappa shape index (κ1) is 20.9. The number of carbonyl (C=O) groups excluding carboxylic acids is 2. The summed E-state index contributed by atoms with van der Waals surface area (Å²) in [4.78, 5) is 38.3. The van der Waals surface area contributed by atoms with Crippen molar-refractivity contribution in [3.63, 3.8) is 0 Å². The maximum atomic E-state index is 13.3. The quantitative estimate of drug-likeness (QED) is 0.555. The molecule has 1 saturated heterocycles. The molecule has 10 heteroatoms. The number of carbonyl (C=O) groups is 2. The number of hydrogen-bond acceptors (Lipinski definition) is 7. The van der Waals surface area contributed by atoms with E-state index >= 15 is 0 Å². The number of urea groups is 1. The van der Waals surface area contributed by atoms with E-state index in [1.807, 2.05) is 19.9 Å². The molecule has 0 spiro atoms. The number of aromatic nitrogens is 2. The predicted octanol–water partition coefficient (Wildman–Crippen LogP) is 1.65. The molecule has 0 aliphatic carbocycles. The lowest BCUT2D eigenvalue weighted by Gasteiger charge is -2.35. The van der Waals surface area contributed by atoms with E-state index in [1.54, 1.807) is 29.3 Å². The summed E-state index contributed by atoms with van der Waals surface area (Å²) in [5, 5.41) is 17.7. The average Bonchev–Trinajstić information content (AvgIpc) is 3.16. The fraction of sp³-hybridized carbons (Fsp3) is 0.429. The van der Waals surface area contributed by atoms with Gasteiger partial charge in [0.1, 0.15) is 11.5 Å². The molecule has 4 N–H and O–H groups in total. The number of pyridine rings is 2. The van der Waals surface area contributed by atoms with Gasteiger partial charge in [-0.1, -0.05) is 0 Å². The van der Waals surface area contributed by atoms with Gasteiger partial charge < -0.3 is 20.6 Å². The smallest absolute Gasteiger partial charge is 0.329 e. The zero-order valence-corrected chi connectivity index (χ0v) is 17.6. The Hall–Kier alpha value is -3.40. The molecule has 164 valence electrons. The van der Waals surface area contributed by atoms with Crippen molar-refractivity contribution in [2.75, 3.05) is 46.7 Å². The number of amides is 3. The Labute approximate surface area is 180 Å². The first-order chi connectivity index (χ1) is 15.0. The maximum Gasteiger partial charge on any atom is 0.329 e. The number of nitrogens with zero attached hydrogens (tertiary/aromatic N) is 4. The number of hydrogen-bond donors (Lipinski definition) is 4. The summed E-state index contributed by atoms with van der Waals surface area (Å²) >= 11 is 0. The molecule has 0 saturated carbocycles. The summed E-state index contributed by atoms with van der Waals surface area (Å²) in [6.45, 7) is 5.74. The summed E-state index contributed by atoms with van der Waals surface area (Å²) in [6.07, 6.45) is 2.41. The van der Waals surface area contributed by atoms with E-state index in [9.17, 15) is 9.59 Å². The van der Waals surface area contributed by atoms with E-state index in [0.29, 0.717) is 18.2 Å². The highest BCUT2D eigenvalue weighted by atomic mass is 16.3. The lowest BCUT2D eigenvalue weighted by atomic mass is 10.1. The minimum atomic E-state index is -0.339. The Morgan fingerprint density at radius 2 is 2.13 bits per heavy atom. The van der Waals surface area contributed by atoms with Gasteiger partial charge in [-0.25, -0.2) is 14.8 Å². The monoisotopic (exact) mass is 425 g/mol. The zero-order valence-electron chi connectivity index (χ0n) is 17.6. The Morgan fingerprint density at radius 1 is 1.29 bits per heavy atom. The van der Waals surface area contributed by atoms with Crippen LogP contribution in [0.25, 0.3) is 0 Å². The van der Waals surface area contributed by atoms with Gasteiger partial charge in [0.25, 0.3) is 5.91 Å². The van der Waals surface area contributed by atoms with Gasteiger partial charge in [0.2, 0.25) is 0 Å². The highest BCUT2D eigenvalue weighted by molar-refractivity contribution is 6.05. The number of aliphatic hydroxyl groups excluding tert-OH is 1. The fourth-order valence-electron chi connectivity index (χ4n) is 3.91. The molecule has 2 aliphatic rings. The fourth-order valence-corrected chi connectivity index (χ4v) is 3.91. The predicted molar refractivity (Wildman–Crippen MR) is 119 cm³/mol. The minimum absolute atomic E-state index is 0.00511. The first-order valence-electron chi connectivity index (χ1n) is 10.4. The second-order valence-corrected chi connectivity index (χ2v) is 7.94. The average molecular weight is 425 g/mol. The highest BCUT2D eigenvalue weighted by Crippen LogP contribution is 2.39. The normalized spacial score (nSPS) is 16.8. The van der Waals surface area contributed by atoms with Crippen LogP contribution in [-0.2, 0) is 0 Å². The van der Waals surface area contributed by atoms with Crippen LogP contribution in [0, 0.1) is 0 Å². The van der Waals surface area contributed by atoms with Crippen LogP contribution in [0.15, 0.2) is 30.5 Å². The van der Waals surface area contributed by atoms with Crippen LogP contribution in [0.4, 0.5) is 27.8 Å². The molecule has 2 aromatic rings. The van der Waals surface area contributed by atoms with Gasteiger partial charge in [0, 0.05) is 43.6 Å². The summed E-state index contributed by atoms with van der Waals surface area (Å²) in [6, 6.07) is 6.65. The summed E-state index contributed by atoms with van der Waals surface area (Å²) in [5.41, 5.74) is 1.87. The van der Waals surface area contributed by atoms with Gasteiger partial charge in [0.05, 0.1) is 18.3 Å². The van der Waals surface area contributed by atoms with Crippen molar-refractivity contribution in [2.24, 2.45) is 0 Å². The lowest BCUT2D eigenvalue weighted by Crippen LogP contribution is -2.48. The molecule has 0 aromatic carbocycles. The van der Waals surface area contributed by atoms with Crippen LogP contribution in [0.1, 0.15) is 30.8 Å². The number of nitrogens with one attached hydrogen (secondary N) is 3. The van der Waals surface area contributed by atoms with Gasteiger partial charge in [-0.05, 0) is 38.5 Å². The SMILES string of the molecule is CC(C)NC(=O)c1ccc2c(n1)N(C(=O)Nc1cc(NCCO)ccn1)[C@H]1CCN2C1. The minimum Gasteiger partial charge on any atom is -0.395 e. The van der Waals surface area contributed by atoms with Crippen LogP contribution in [0.3, 0.4) is 0 Å². The molecule has 0 unspecified atom stereocenters. The number of anilines is 4. The van der Waals surface area contributed by atoms with E-state index in [-0.39, 0.29) is 36.3 Å². The molecule has 10 nitrogen and oxygen atoms in total. The van der Waals surface area contributed by atoms with Crippen molar-refractivity contribution in [1.29, 1.82) is 0 Å². The van der Waals surface area contributed by atoms with E-state index in [1.165, 1.54) is 0 Å². The molecule has 2 bridgehead atoms. The van der Waals surface area contributed by atoms with Crippen LogP contribution in [0.5, 0.6) is 0 Å². The van der Waals surface area contributed by atoms with Gasteiger partial charge in [-0.15, -0.1) is 0 Å². The second-order valence-electron chi connectivity index (χ2n) is 7.94. The molecular formula is C21H27N7O3. The molecule has 2 aromatic heterocycles. The highest BCUT2D eigenvalue weighted by Gasteiger charge is 2.40. The van der Waals surface area contributed by atoms with Crippen molar-refractivity contribution in [3.8, 4) is 0 Å². The topological polar surface area (TPSA) is 123 Å². The van der Waals surface area contributed by atoms with Gasteiger partial charge in [0.15, 0.2) is 5.82 Å². The number of aliphatic hydroxyl groups is 1. The molecule has 4 rings (SSSR count). The molecule has 31 heavy (non-hydrogen) atoms. The molecule has 0 radical (unpaired) electrons. The maximum absolute atomic E-state index is 13.3. The van der Waals surface area contributed by atoms with Gasteiger partial charge in [-0.2, -0.15) is 0 Å². The van der Waals surface area contributed by atoms with Gasteiger partial charge in [-0.3, -0.25) is 15.0 Å². The zero-order chi connectivity index (χ0) is 22.0. The van der Waals surface area contributed by atoms with Crippen LogP contribution in [-0.4, -0.2) is 65.3 Å². The van der Waals surface area contributed by atoms with Gasteiger partial charge >= 0.3 is 6.03 Å². The summed E-state index contributed by atoms with van der Waals surface area (Å²) in [7, 11) is 0.